The molecule has 0 fully saturated rings. The van der Waals surface area contributed by atoms with Gasteiger partial charge in [0.05, 0.1) is 24.0 Å². The number of anilines is 1. The first-order valence-corrected chi connectivity index (χ1v) is 11.0. The number of thioether (sulfide) groups is 1. The molecule has 0 saturated heterocycles. The number of carbonyl (C=O) groups excluding carboxylic acids is 1. The number of benzene rings is 1. The van der Waals surface area contributed by atoms with Gasteiger partial charge in [0.1, 0.15) is 11.8 Å². The third kappa shape index (κ3) is 5.96. The molecule has 27 heavy (non-hydrogen) atoms. The smallest absolute Gasteiger partial charge is 0.243 e. The molecule has 1 aromatic heterocycles. The number of hydrogen-bond acceptors (Lipinski definition) is 5. The number of rotatable bonds is 9. The molecule has 1 aromatic carbocycles. The lowest BCUT2D eigenvalue weighted by molar-refractivity contribution is -0.121. The number of nitrogens with one attached hydrogen (secondary N) is 1. The summed E-state index contributed by atoms with van der Waals surface area (Å²) in [6.45, 7) is 1.71. The fourth-order valence-electron chi connectivity index (χ4n) is 2.39. The summed E-state index contributed by atoms with van der Waals surface area (Å²) < 4.78 is 56.8. The monoisotopic (exact) mass is 418 g/mol. The van der Waals surface area contributed by atoms with Crippen LogP contribution in [0.5, 0.6) is 0 Å². The molecule has 6 nitrogen and oxygen atoms in total. The van der Waals surface area contributed by atoms with Crippen molar-refractivity contribution in [1.29, 1.82) is 0 Å². The van der Waals surface area contributed by atoms with Crippen molar-refractivity contribution < 1.29 is 26.4 Å². The third-order valence-electron chi connectivity index (χ3n) is 3.62. The minimum absolute atomic E-state index is 0.119. The predicted molar refractivity (Wildman–Crippen MR) is 101 cm³/mol. The lowest BCUT2D eigenvalue weighted by atomic mass is 10.2. The van der Waals surface area contributed by atoms with Crippen molar-refractivity contribution in [3.63, 3.8) is 0 Å². The normalized spacial score (nSPS) is 12.6. The fraction of sp³-hybridized carbons (Fsp3) is 0.353. The molecule has 0 aliphatic carbocycles. The highest BCUT2D eigenvalue weighted by atomic mass is 32.2. The predicted octanol–water partition coefficient (Wildman–Crippen LogP) is 2.76. The zero-order valence-electron chi connectivity index (χ0n) is 14.8. The second-order valence-corrected chi connectivity index (χ2v) is 8.72. The summed E-state index contributed by atoms with van der Waals surface area (Å²) in [6, 6.07) is 5.19. The van der Waals surface area contributed by atoms with Gasteiger partial charge in [-0.3, -0.25) is 9.10 Å². The van der Waals surface area contributed by atoms with Crippen LogP contribution in [0.25, 0.3) is 0 Å². The van der Waals surface area contributed by atoms with E-state index in [0.29, 0.717) is 18.1 Å². The first-order chi connectivity index (χ1) is 12.7. The maximum absolute atomic E-state index is 13.5. The number of amides is 1. The molecule has 0 aliphatic rings. The number of furan rings is 1. The van der Waals surface area contributed by atoms with E-state index in [9.17, 15) is 22.0 Å². The largest absolute Gasteiger partial charge is 0.468 e. The molecule has 0 spiro atoms. The number of hydrogen-bond donors (Lipinski definition) is 1. The van der Waals surface area contributed by atoms with E-state index in [4.69, 9.17) is 4.42 Å². The van der Waals surface area contributed by atoms with Crippen LogP contribution in [0.4, 0.5) is 14.5 Å². The van der Waals surface area contributed by atoms with Crippen molar-refractivity contribution in [2.75, 3.05) is 22.9 Å². The van der Waals surface area contributed by atoms with Gasteiger partial charge in [0, 0.05) is 18.4 Å². The Bertz CT molecular complexity index is 873. The Kier molecular flexibility index (Phi) is 7.25. The highest BCUT2D eigenvalue weighted by Crippen LogP contribution is 2.23. The Morgan fingerprint density at radius 1 is 1.30 bits per heavy atom. The highest BCUT2D eigenvalue weighted by molar-refractivity contribution is 7.98. The van der Waals surface area contributed by atoms with Crippen molar-refractivity contribution >= 4 is 33.4 Å². The topological polar surface area (TPSA) is 79.6 Å². The SMILES string of the molecule is CC(C(=O)NCCSCc1ccco1)N(c1ccc(F)c(F)c1)S(C)(=O)=O. The van der Waals surface area contributed by atoms with E-state index in [1.54, 1.807) is 24.1 Å². The van der Waals surface area contributed by atoms with Crippen LogP contribution in [0.15, 0.2) is 41.0 Å². The van der Waals surface area contributed by atoms with Crippen LogP contribution < -0.4 is 9.62 Å². The van der Waals surface area contributed by atoms with Gasteiger partial charge in [-0.2, -0.15) is 11.8 Å². The molecule has 0 radical (unpaired) electrons. The van der Waals surface area contributed by atoms with Crippen molar-refractivity contribution in [3.05, 3.63) is 54.0 Å². The summed E-state index contributed by atoms with van der Waals surface area (Å²) >= 11 is 1.55. The molecule has 1 unspecified atom stereocenters. The average Bonchev–Trinajstić information content (AvgIpc) is 3.10. The van der Waals surface area contributed by atoms with Gasteiger partial charge >= 0.3 is 0 Å². The van der Waals surface area contributed by atoms with Gasteiger partial charge < -0.3 is 9.73 Å². The third-order valence-corrected chi connectivity index (χ3v) is 5.84. The van der Waals surface area contributed by atoms with Crippen molar-refractivity contribution in [1.82, 2.24) is 5.32 Å². The number of nitrogens with zero attached hydrogens (tertiary/aromatic N) is 1. The van der Waals surface area contributed by atoms with E-state index in [-0.39, 0.29) is 5.69 Å². The van der Waals surface area contributed by atoms with Gasteiger partial charge in [-0.05, 0) is 31.2 Å². The van der Waals surface area contributed by atoms with E-state index in [1.807, 2.05) is 6.07 Å². The second-order valence-electron chi connectivity index (χ2n) is 5.76. The Labute approximate surface area is 161 Å². The molecule has 0 bridgehead atoms. The summed E-state index contributed by atoms with van der Waals surface area (Å²) in [6.07, 6.45) is 2.48. The number of halogens is 2. The standard InChI is InChI=1S/C17H20F2N2O4S2/c1-12(17(22)20-7-9-26-11-14-4-3-8-25-14)21(27(2,23)24)13-5-6-15(18)16(19)10-13/h3-6,8,10,12H,7,9,11H2,1-2H3,(H,20,22). The second kappa shape index (κ2) is 9.23. The number of carbonyl (C=O) groups is 1. The minimum atomic E-state index is -3.89. The molecule has 2 rings (SSSR count). The summed E-state index contributed by atoms with van der Waals surface area (Å²) in [4.78, 5) is 12.3. The minimum Gasteiger partial charge on any atom is -0.468 e. The van der Waals surface area contributed by atoms with Crippen LogP contribution in [0, 0.1) is 11.6 Å². The van der Waals surface area contributed by atoms with Gasteiger partial charge in [0.2, 0.25) is 15.9 Å². The summed E-state index contributed by atoms with van der Waals surface area (Å²) in [5, 5.41) is 2.65. The van der Waals surface area contributed by atoms with E-state index < -0.39 is 33.6 Å². The molecule has 1 heterocycles. The van der Waals surface area contributed by atoms with Crippen LogP contribution in [0.1, 0.15) is 12.7 Å². The van der Waals surface area contributed by atoms with Gasteiger partial charge in [-0.25, -0.2) is 17.2 Å². The molecule has 0 aliphatic heterocycles. The van der Waals surface area contributed by atoms with Crippen LogP contribution >= 0.6 is 11.8 Å². The quantitative estimate of drug-likeness (QED) is 0.634. The van der Waals surface area contributed by atoms with Gasteiger partial charge in [-0.1, -0.05) is 0 Å². The summed E-state index contributed by atoms with van der Waals surface area (Å²) in [5.74, 6) is -0.752. The molecule has 10 heteroatoms. The fourth-order valence-corrected chi connectivity index (χ4v) is 4.32. The highest BCUT2D eigenvalue weighted by Gasteiger charge is 2.29. The molecule has 148 valence electrons. The van der Waals surface area contributed by atoms with Crippen molar-refractivity contribution in [3.8, 4) is 0 Å². The Morgan fingerprint density at radius 2 is 2.04 bits per heavy atom. The average molecular weight is 418 g/mol. The summed E-state index contributed by atoms with van der Waals surface area (Å²) in [7, 11) is -3.89. The van der Waals surface area contributed by atoms with Crippen LogP contribution in [-0.4, -0.2) is 38.9 Å². The Balaban J connectivity index is 1.96. The van der Waals surface area contributed by atoms with Crippen LogP contribution in [0.2, 0.25) is 0 Å². The van der Waals surface area contributed by atoms with Crippen LogP contribution in [-0.2, 0) is 20.6 Å². The zero-order valence-corrected chi connectivity index (χ0v) is 16.4. The van der Waals surface area contributed by atoms with Crippen molar-refractivity contribution in [2.24, 2.45) is 0 Å². The van der Waals surface area contributed by atoms with Crippen molar-refractivity contribution in [2.45, 2.75) is 18.7 Å². The molecule has 2 aromatic rings. The maximum atomic E-state index is 13.5. The summed E-state index contributed by atoms with van der Waals surface area (Å²) in [5.41, 5.74) is -0.119. The first-order valence-electron chi connectivity index (χ1n) is 8.02. The Morgan fingerprint density at radius 3 is 2.63 bits per heavy atom. The van der Waals surface area contributed by atoms with E-state index in [2.05, 4.69) is 5.32 Å². The molecule has 0 saturated carbocycles. The lowest BCUT2D eigenvalue weighted by Crippen LogP contribution is -2.48. The number of sulfonamides is 1. The van der Waals surface area contributed by atoms with Crippen LogP contribution in [0.3, 0.4) is 0 Å². The van der Waals surface area contributed by atoms with E-state index in [1.165, 1.54) is 6.92 Å². The first kappa shape index (κ1) is 21.2. The van der Waals surface area contributed by atoms with E-state index >= 15 is 0 Å². The van der Waals surface area contributed by atoms with Gasteiger partial charge in [-0.15, -0.1) is 0 Å². The molecule has 1 amide bonds. The van der Waals surface area contributed by atoms with Gasteiger partial charge in [0.15, 0.2) is 11.6 Å². The van der Waals surface area contributed by atoms with Gasteiger partial charge in [0.25, 0.3) is 0 Å². The Hall–Kier alpha value is -2.07. The zero-order chi connectivity index (χ0) is 20.0. The molecule has 1 atom stereocenters. The molecule has 1 N–H and O–H groups in total. The maximum Gasteiger partial charge on any atom is 0.243 e. The lowest BCUT2D eigenvalue weighted by Gasteiger charge is -2.28. The molecular weight excluding hydrogens is 398 g/mol. The molecular formula is C17H20F2N2O4S2. The van der Waals surface area contributed by atoms with E-state index in [0.717, 1.165) is 34.5 Å².